The predicted octanol–water partition coefficient (Wildman–Crippen LogP) is 1.43. The molecule has 2 heterocycles. The molecule has 0 spiro atoms. The Morgan fingerprint density at radius 1 is 1.53 bits per heavy atom. The first-order chi connectivity index (χ1) is 8.18. The lowest BCUT2D eigenvalue weighted by Crippen LogP contribution is -2.27. The molecule has 0 fully saturated rings. The second-order valence-corrected chi connectivity index (χ2v) is 3.58. The Morgan fingerprint density at radius 3 is 3.00 bits per heavy atom. The van der Waals surface area contributed by atoms with Crippen LogP contribution in [0.25, 0.3) is 0 Å². The van der Waals surface area contributed by atoms with Gasteiger partial charge in [0.1, 0.15) is 0 Å². The predicted molar refractivity (Wildman–Crippen MR) is 58.7 cm³/mol. The zero-order valence-corrected chi connectivity index (χ0v) is 9.14. The minimum atomic E-state index is -0.635. The Hall–Kier alpha value is -2.24. The maximum Gasteiger partial charge on any atom is 0.254 e. The van der Waals surface area contributed by atoms with Crippen LogP contribution in [0.15, 0.2) is 30.9 Å². The van der Waals surface area contributed by atoms with E-state index in [2.05, 4.69) is 20.5 Å². The summed E-state index contributed by atoms with van der Waals surface area (Å²) in [6.45, 7) is 1.79. The third-order valence-corrected chi connectivity index (χ3v) is 2.38. The summed E-state index contributed by atoms with van der Waals surface area (Å²) in [4.78, 5) is 15.3. The van der Waals surface area contributed by atoms with Crippen LogP contribution in [0.2, 0.25) is 0 Å². The first-order valence-corrected chi connectivity index (χ1v) is 5.07. The van der Waals surface area contributed by atoms with Gasteiger partial charge in [0.05, 0.1) is 24.0 Å². The Balaban J connectivity index is 2.10. The van der Waals surface area contributed by atoms with Gasteiger partial charge < -0.3 is 5.32 Å². The molecule has 2 N–H and O–H groups in total. The average molecular weight is 234 g/mol. The van der Waals surface area contributed by atoms with E-state index in [0.717, 1.165) is 11.8 Å². The number of halogens is 1. The van der Waals surface area contributed by atoms with Gasteiger partial charge in [-0.3, -0.25) is 14.9 Å². The number of hydrogen-bond acceptors (Lipinski definition) is 3. The van der Waals surface area contributed by atoms with Crippen molar-refractivity contribution in [2.45, 2.75) is 13.0 Å². The number of pyridine rings is 1. The van der Waals surface area contributed by atoms with Crippen LogP contribution in [0.5, 0.6) is 0 Å². The smallest absolute Gasteiger partial charge is 0.254 e. The summed E-state index contributed by atoms with van der Waals surface area (Å²) in [5, 5.41) is 9.10. The second kappa shape index (κ2) is 4.73. The van der Waals surface area contributed by atoms with Crippen molar-refractivity contribution in [1.29, 1.82) is 0 Å². The van der Waals surface area contributed by atoms with Crippen molar-refractivity contribution in [2.24, 2.45) is 0 Å². The van der Waals surface area contributed by atoms with E-state index in [4.69, 9.17) is 0 Å². The fourth-order valence-corrected chi connectivity index (χ4v) is 1.41. The number of carbonyl (C=O) groups excluding carboxylic acids is 1. The first-order valence-electron chi connectivity index (χ1n) is 5.07. The van der Waals surface area contributed by atoms with Crippen LogP contribution in [-0.4, -0.2) is 21.1 Å². The first kappa shape index (κ1) is 11.3. The molecule has 88 valence electrons. The third kappa shape index (κ3) is 2.47. The number of nitrogens with zero attached hydrogens (tertiary/aromatic N) is 2. The molecule has 1 unspecified atom stereocenters. The summed E-state index contributed by atoms with van der Waals surface area (Å²) >= 11 is 0. The molecule has 1 amide bonds. The van der Waals surface area contributed by atoms with Gasteiger partial charge in [0, 0.05) is 18.0 Å². The number of carbonyl (C=O) groups is 1. The number of rotatable bonds is 3. The molecule has 1 atom stereocenters. The summed E-state index contributed by atoms with van der Waals surface area (Å²) in [5.41, 5.74) is 0.808. The van der Waals surface area contributed by atoms with Crippen LogP contribution < -0.4 is 5.32 Å². The molecular formula is C11H11FN4O. The van der Waals surface area contributed by atoms with E-state index in [9.17, 15) is 9.18 Å². The highest BCUT2D eigenvalue weighted by molar-refractivity contribution is 5.94. The van der Waals surface area contributed by atoms with Gasteiger partial charge in [0.2, 0.25) is 0 Å². The number of aromatic nitrogens is 3. The molecule has 0 bridgehead atoms. The van der Waals surface area contributed by atoms with E-state index in [0.29, 0.717) is 0 Å². The highest BCUT2D eigenvalue weighted by atomic mass is 19.1. The van der Waals surface area contributed by atoms with E-state index in [1.165, 1.54) is 12.3 Å². The maximum absolute atomic E-state index is 13.3. The molecule has 0 saturated carbocycles. The molecular weight excluding hydrogens is 223 g/mol. The summed E-state index contributed by atoms with van der Waals surface area (Å²) in [6, 6.07) is 1.10. The van der Waals surface area contributed by atoms with Gasteiger partial charge in [-0.05, 0) is 13.0 Å². The lowest BCUT2D eigenvalue weighted by molar-refractivity contribution is 0.0935. The lowest BCUT2D eigenvalue weighted by Gasteiger charge is -2.12. The molecule has 6 heteroatoms. The summed E-state index contributed by atoms with van der Waals surface area (Å²) in [7, 11) is 0. The van der Waals surface area contributed by atoms with Crippen molar-refractivity contribution in [3.05, 3.63) is 47.8 Å². The Bertz CT molecular complexity index is 512. The van der Waals surface area contributed by atoms with Crippen LogP contribution in [-0.2, 0) is 0 Å². The van der Waals surface area contributed by atoms with Crippen LogP contribution in [0.4, 0.5) is 4.39 Å². The molecule has 0 aliphatic carbocycles. The standard InChI is InChI=1S/C11H11FN4O/c1-7(8-4-14-15-5-8)16-11(17)9-2-3-13-6-10(9)12/h2-7H,1H3,(H,14,15)(H,16,17). The van der Waals surface area contributed by atoms with Crippen LogP contribution in [0.1, 0.15) is 28.9 Å². The summed E-state index contributed by atoms with van der Waals surface area (Å²) in [6.07, 6.45) is 5.67. The van der Waals surface area contributed by atoms with Gasteiger partial charge in [-0.2, -0.15) is 5.10 Å². The van der Waals surface area contributed by atoms with E-state index in [1.54, 1.807) is 19.3 Å². The number of nitrogens with one attached hydrogen (secondary N) is 2. The molecule has 2 aromatic rings. The van der Waals surface area contributed by atoms with Gasteiger partial charge in [-0.25, -0.2) is 4.39 Å². The maximum atomic E-state index is 13.3. The topological polar surface area (TPSA) is 70.7 Å². The van der Waals surface area contributed by atoms with E-state index in [1.807, 2.05) is 0 Å². The fourth-order valence-electron chi connectivity index (χ4n) is 1.41. The normalized spacial score (nSPS) is 12.1. The fraction of sp³-hybridized carbons (Fsp3) is 0.182. The van der Waals surface area contributed by atoms with Crippen LogP contribution in [0.3, 0.4) is 0 Å². The van der Waals surface area contributed by atoms with Crippen LogP contribution >= 0.6 is 0 Å². The molecule has 0 radical (unpaired) electrons. The molecule has 2 rings (SSSR count). The average Bonchev–Trinajstić information content (AvgIpc) is 2.82. The SMILES string of the molecule is CC(NC(=O)c1ccncc1F)c1cn[nH]c1. The zero-order chi connectivity index (χ0) is 12.3. The highest BCUT2D eigenvalue weighted by Gasteiger charge is 2.15. The molecule has 2 aromatic heterocycles. The lowest BCUT2D eigenvalue weighted by atomic mass is 10.1. The van der Waals surface area contributed by atoms with Crippen LogP contribution in [0, 0.1) is 5.82 Å². The van der Waals surface area contributed by atoms with Gasteiger partial charge in [0.25, 0.3) is 5.91 Å². The second-order valence-electron chi connectivity index (χ2n) is 3.58. The number of amides is 1. The molecule has 0 aliphatic rings. The third-order valence-electron chi connectivity index (χ3n) is 2.38. The largest absolute Gasteiger partial charge is 0.345 e. The van der Waals surface area contributed by atoms with Gasteiger partial charge in [-0.1, -0.05) is 0 Å². The highest BCUT2D eigenvalue weighted by Crippen LogP contribution is 2.11. The van der Waals surface area contributed by atoms with Crippen molar-refractivity contribution in [3.63, 3.8) is 0 Å². The minimum absolute atomic E-state index is 0.0182. The molecule has 5 nitrogen and oxygen atoms in total. The monoisotopic (exact) mass is 234 g/mol. The Labute approximate surface area is 97.1 Å². The van der Waals surface area contributed by atoms with Crippen molar-refractivity contribution in [3.8, 4) is 0 Å². The van der Waals surface area contributed by atoms with E-state index in [-0.39, 0.29) is 11.6 Å². The number of hydrogen-bond donors (Lipinski definition) is 2. The van der Waals surface area contributed by atoms with Gasteiger partial charge >= 0.3 is 0 Å². The molecule has 17 heavy (non-hydrogen) atoms. The molecule has 0 aliphatic heterocycles. The van der Waals surface area contributed by atoms with E-state index < -0.39 is 11.7 Å². The van der Waals surface area contributed by atoms with Gasteiger partial charge in [0.15, 0.2) is 5.82 Å². The van der Waals surface area contributed by atoms with Crippen molar-refractivity contribution in [1.82, 2.24) is 20.5 Å². The van der Waals surface area contributed by atoms with Crippen molar-refractivity contribution < 1.29 is 9.18 Å². The number of aromatic amines is 1. The quantitative estimate of drug-likeness (QED) is 0.844. The molecule has 0 aromatic carbocycles. The zero-order valence-electron chi connectivity index (χ0n) is 9.14. The summed E-state index contributed by atoms with van der Waals surface area (Å²) < 4.78 is 13.3. The minimum Gasteiger partial charge on any atom is -0.345 e. The summed E-state index contributed by atoms with van der Waals surface area (Å²) in [5.74, 6) is -1.11. The van der Waals surface area contributed by atoms with E-state index >= 15 is 0 Å². The molecule has 0 saturated heterocycles. The number of H-pyrrole nitrogens is 1. The van der Waals surface area contributed by atoms with Gasteiger partial charge in [-0.15, -0.1) is 0 Å². The Kier molecular flexibility index (Phi) is 3.13. The van der Waals surface area contributed by atoms with Crippen molar-refractivity contribution >= 4 is 5.91 Å². The Morgan fingerprint density at radius 2 is 2.35 bits per heavy atom. The van der Waals surface area contributed by atoms with Crippen molar-refractivity contribution in [2.75, 3.05) is 0 Å².